The van der Waals surface area contributed by atoms with Gasteiger partial charge in [-0.1, -0.05) is 0 Å². The molecule has 1 aromatic rings. The maximum absolute atomic E-state index is 5.93. The first kappa shape index (κ1) is 22.9. The van der Waals surface area contributed by atoms with Gasteiger partial charge in [-0.05, 0) is 32.6 Å². The van der Waals surface area contributed by atoms with Crippen LogP contribution in [-0.2, 0) is 11.2 Å². The van der Waals surface area contributed by atoms with Crippen LogP contribution in [0, 0.1) is 0 Å². The first-order valence-electron chi connectivity index (χ1n) is 9.67. The van der Waals surface area contributed by atoms with Gasteiger partial charge in [0.2, 0.25) is 0 Å². The fraction of sp³-hybridized carbons (Fsp3) is 0.650. The summed E-state index contributed by atoms with van der Waals surface area (Å²) in [5, 5.41) is 6.87. The summed E-state index contributed by atoms with van der Waals surface area (Å²) >= 11 is 0. The van der Waals surface area contributed by atoms with Crippen molar-refractivity contribution < 1.29 is 18.9 Å². The van der Waals surface area contributed by atoms with Crippen LogP contribution in [0.5, 0.6) is 17.2 Å². The Morgan fingerprint density at radius 3 is 2.36 bits per heavy atom. The van der Waals surface area contributed by atoms with Crippen LogP contribution in [-0.4, -0.2) is 58.6 Å². The highest BCUT2D eigenvalue weighted by molar-refractivity contribution is 14.0. The van der Waals surface area contributed by atoms with E-state index in [-0.39, 0.29) is 24.0 Å². The lowest BCUT2D eigenvalue weighted by Crippen LogP contribution is -2.47. The molecule has 0 spiro atoms. The van der Waals surface area contributed by atoms with E-state index in [0.29, 0.717) is 37.0 Å². The number of nitrogens with zero attached hydrogens (tertiary/aromatic N) is 1. The first-order valence-corrected chi connectivity index (χ1v) is 9.67. The molecular weight excluding hydrogens is 473 g/mol. The Morgan fingerprint density at radius 1 is 1.14 bits per heavy atom. The normalized spacial score (nSPS) is 23.1. The second-order valence-electron chi connectivity index (χ2n) is 6.88. The van der Waals surface area contributed by atoms with Crippen molar-refractivity contribution in [3.63, 3.8) is 0 Å². The average molecular weight is 505 g/mol. The van der Waals surface area contributed by atoms with Crippen molar-refractivity contribution in [2.45, 2.75) is 50.9 Å². The topological polar surface area (TPSA) is 73.3 Å². The van der Waals surface area contributed by atoms with Crippen LogP contribution in [0.25, 0.3) is 0 Å². The van der Waals surface area contributed by atoms with E-state index in [1.165, 1.54) is 6.42 Å². The zero-order valence-corrected chi connectivity index (χ0v) is 19.4. The minimum atomic E-state index is 0. The second kappa shape index (κ2) is 10.9. The van der Waals surface area contributed by atoms with Crippen LogP contribution < -0.4 is 24.8 Å². The molecule has 0 radical (unpaired) electrons. The number of ether oxygens (including phenoxy) is 4. The highest BCUT2D eigenvalue weighted by Gasteiger charge is 2.41. The monoisotopic (exact) mass is 505 g/mol. The minimum Gasteiger partial charge on any atom is -0.496 e. The van der Waals surface area contributed by atoms with Gasteiger partial charge in [0.05, 0.1) is 39.6 Å². The van der Waals surface area contributed by atoms with E-state index in [1.807, 2.05) is 12.1 Å². The Labute approximate surface area is 184 Å². The lowest BCUT2D eigenvalue weighted by Gasteiger charge is -2.22. The molecule has 158 valence electrons. The Bertz CT molecular complexity index is 646. The molecule has 2 aliphatic rings. The molecule has 2 N–H and O–H groups in total. The quantitative estimate of drug-likeness (QED) is 0.322. The molecular formula is C20H32IN3O4. The summed E-state index contributed by atoms with van der Waals surface area (Å²) in [4.78, 5) is 4.75. The maximum atomic E-state index is 5.93. The van der Waals surface area contributed by atoms with Crippen molar-refractivity contribution in [3.8, 4) is 17.2 Å². The molecule has 0 amide bonds. The van der Waals surface area contributed by atoms with E-state index in [1.54, 1.807) is 21.3 Å². The molecule has 3 atom stereocenters. The third-order valence-corrected chi connectivity index (χ3v) is 5.22. The summed E-state index contributed by atoms with van der Waals surface area (Å²) in [7, 11) is 4.94. The summed E-state index contributed by atoms with van der Waals surface area (Å²) in [6, 6.07) is 4.10. The molecule has 2 heterocycles. The standard InChI is InChI=1S/C20H31N3O4.HI/c1-5-21-20(23-16-10-13-6-7-17(16)27-13)22-9-8-15-18(25-3)11-14(24-2)12-19(15)26-4;/h11-13,16-17H,5-10H2,1-4H3,(H2,21,22,23);1H. The minimum absolute atomic E-state index is 0. The van der Waals surface area contributed by atoms with Crippen LogP contribution in [0.4, 0.5) is 0 Å². The number of methoxy groups -OCH3 is 3. The lowest BCUT2D eigenvalue weighted by molar-refractivity contribution is 0.0992. The summed E-state index contributed by atoms with van der Waals surface area (Å²) in [5.74, 6) is 3.05. The number of halogens is 1. The molecule has 2 bridgehead atoms. The van der Waals surface area contributed by atoms with Gasteiger partial charge < -0.3 is 29.6 Å². The van der Waals surface area contributed by atoms with E-state index in [2.05, 4.69) is 17.6 Å². The van der Waals surface area contributed by atoms with E-state index in [4.69, 9.17) is 23.9 Å². The van der Waals surface area contributed by atoms with Gasteiger partial charge >= 0.3 is 0 Å². The first-order chi connectivity index (χ1) is 13.2. The Morgan fingerprint density at radius 2 is 1.86 bits per heavy atom. The van der Waals surface area contributed by atoms with Gasteiger partial charge in [-0.2, -0.15) is 0 Å². The Hall–Kier alpha value is -1.42. The molecule has 3 unspecified atom stereocenters. The predicted octanol–water partition coefficient (Wildman–Crippen LogP) is 2.75. The molecule has 0 aliphatic carbocycles. The molecule has 7 nitrogen and oxygen atoms in total. The van der Waals surface area contributed by atoms with Gasteiger partial charge in [0.25, 0.3) is 0 Å². The van der Waals surface area contributed by atoms with Crippen molar-refractivity contribution in [2.75, 3.05) is 34.4 Å². The van der Waals surface area contributed by atoms with E-state index < -0.39 is 0 Å². The summed E-state index contributed by atoms with van der Waals surface area (Å²) in [6.07, 6.45) is 4.84. The largest absolute Gasteiger partial charge is 0.496 e. The van der Waals surface area contributed by atoms with Gasteiger partial charge in [-0.25, -0.2) is 0 Å². The third-order valence-electron chi connectivity index (χ3n) is 5.22. The summed E-state index contributed by atoms with van der Waals surface area (Å²) in [6.45, 7) is 3.52. The fourth-order valence-electron chi connectivity index (χ4n) is 3.89. The van der Waals surface area contributed by atoms with E-state index >= 15 is 0 Å². The van der Waals surface area contributed by atoms with Crippen molar-refractivity contribution in [3.05, 3.63) is 17.7 Å². The van der Waals surface area contributed by atoms with Crippen LogP contribution in [0.15, 0.2) is 17.1 Å². The number of guanidine groups is 1. The van der Waals surface area contributed by atoms with Gasteiger partial charge in [-0.3, -0.25) is 4.99 Å². The molecule has 2 aliphatic heterocycles. The Balaban J connectivity index is 0.00000280. The van der Waals surface area contributed by atoms with E-state index in [0.717, 1.165) is 42.4 Å². The summed E-state index contributed by atoms with van der Waals surface area (Å²) < 4.78 is 22.3. The van der Waals surface area contributed by atoms with Crippen LogP contribution in [0.1, 0.15) is 31.7 Å². The van der Waals surface area contributed by atoms with Crippen molar-refractivity contribution in [1.82, 2.24) is 10.6 Å². The number of hydrogen-bond donors (Lipinski definition) is 2. The number of hydrogen-bond acceptors (Lipinski definition) is 5. The number of fused-ring (bicyclic) bond motifs is 2. The number of nitrogens with one attached hydrogen (secondary N) is 2. The van der Waals surface area contributed by atoms with Crippen molar-refractivity contribution in [2.24, 2.45) is 4.99 Å². The predicted molar refractivity (Wildman–Crippen MR) is 121 cm³/mol. The van der Waals surface area contributed by atoms with E-state index in [9.17, 15) is 0 Å². The molecule has 28 heavy (non-hydrogen) atoms. The smallest absolute Gasteiger partial charge is 0.191 e. The Kier molecular flexibility index (Phi) is 8.94. The molecule has 1 aromatic carbocycles. The second-order valence-corrected chi connectivity index (χ2v) is 6.88. The molecule has 0 saturated carbocycles. The van der Waals surface area contributed by atoms with Gasteiger partial charge in [-0.15, -0.1) is 24.0 Å². The zero-order valence-electron chi connectivity index (χ0n) is 17.1. The maximum Gasteiger partial charge on any atom is 0.191 e. The molecule has 0 aromatic heterocycles. The third kappa shape index (κ3) is 5.34. The molecule has 8 heteroatoms. The average Bonchev–Trinajstić information content (AvgIpc) is 3.31. The molecule has 3 rings (SSSR count). The zero-order chi connectivity index (χ0) is 19.2. The lowest BCUT2D eigenvalue weighted by atomic mass is 9.96. The number of rotatable bonds is 8. The van der Waals surface area contributed by atoms with Crippen molar-refractivity contribution in [1.29, 1.82) is 0 Å². The van der Waals surface area contributed by atoms with Crippen LogP contribution in [0.2, 0.25) is 0 Å². The van der Waals surface area contributed by atoms with Crippen LogP contribution >= 0.6 is 24.0 Å². The summed E-state index contributed by atoms with van der Waals surface area (Å²) in [5.41, 5.74) is 0.989. The fourth-order valence-corrected chi connectivity index (χ4v) is 3.89. The van der Waals surface area contributed by atoms with Gasteiger partial charge in [0, 0.05) is 30.8 Å². The molecule has 2 saturated heterocycles. The molecule has 2 fully saturated rings. The number of aliphatic imine (C=N–C) groups is 1. The highest BCUT2D eigenvalue weighted by atomic mass is 127. The van der Waals surface area contributed by atoms with Gasteiger partial charge in [0.15, 0.2) is 5.96 Å². The highest BCUT2D eigenvalue weighted by Crippen LogP contribution is 2.35. The van der Waals surface area contributed by atoms with Crippen molar-refractivity contribution >= 4 is 29.9 Å². The van der Waals surface area contributed by atoms with Gasteiger partial charge in [0.1, 0.15) is 17.2 Å². The van der Waals surface area contributed by atoms with Crippen LogP contribution in [0.3, 0.4) is 0 Å². The SMILES string of the molecule is CCNC(=NCCc1c(OC)cc(OC)cc1OC)NC1CC2CCC1O2.I. The number of benzene rings is 1.